The Kier molecular flexibility index (Phi) is 3.33. The first-order chi connectivity index (χ1) is 10.0. The van der Waals surface area contributed by atoms with Crippen molar-refractivity contribution >= 4 is 5.91 Å². The molecule has 0 aromatic carbocycles. The van der Waals surface area contributed by atoms with Crippen molar-refractivity contribution in [2.45, 2.75) is 63.3 Å². The van der Waals surface area contributed by atoms with Crippen molar-refractivity contribution in [1.29, 1.82) is 0 Å². The summed E-state index contributed by atoms with van der Waals surface area (Å²) in [5, 5.41) is 3.54. The molecule has 4 bridgehead atoms. The van der Waals surface area contributed by atoms with Crippen molar-refractivity contribution in [2.75, 3.05) is 26.7 Å². The smallest absolute Gasteiger partial charge is 0.275 e. The van der Waals surface area contributed by atoms with Crippen LogP contribution in [-0.2, 0) is 4.79 Å². The van der Waals surface area contributed by atoms with Crippen LogP contribution in [0, 0.1) is 17.8 Å². The second kappa shape index (κ2) is 4.97. The standard InChI is InChI=1S/C18H30N2O/c1-20(5-3-2-4-6-20)13-17(21)19-18-10-14-7-15(11-18)9-16(8-14)12-18/h14-16H,2-13H2,1H3/p+1. The van der Waals surface area contributed by atoms with Gasteiger partial charge in [0.05, 0.1) is 20.1 Å². The molecule has 4 aliphatic carbocycles. The van der Waals surface area contributed by atoms with Gasteiger partial charge in [-0.05, 0) is 75.5 Å². The van der Waals surface area contributed by atoms with Crippen LogP contribution in [0.25, 0.3) is 0 Å². The molecule has 0 aromatic rings. The zero-order chi connectivity index (χ0) is 14.5. The Bertz CT molecular complexity index is 390. The van der Waals surface area contributed by atoms with E-state index in [-0.39, 0.29) is 5.54 Å². The van der Waals surface area contributed by atoms with Gasteiger partial charge in [-0.25, -0.2) is 0 Å². The molecular weight excluding hydrogens is 260 g/mol. The van der Waals surface area contributed by atoms with E-state index in [1.807, 2.05) is 0 Å². The number of carbonyl (C=O) groups excluding carboxylic acids is 1. The molecule has 1 aliphatic heterocycles. The summed E-state index contributed by atoms with van der Waals surface area (Å²) >= 11 is 0. The molecule has 1 N–H and O–H groups in total. The molecule has 5 aliphatic rings. The average molecular weight is 291 g/mol. The number of nitrogens with zero attached hydrogens (tertiary/aromatic N) is 1. The molecule has 1 heterocycles. The van der Waals surface area contributed by atoms with Gasteiger partial charge < -0.3 is 9.80 Å². The van der Waals surface area contributed by atoms with E-state index in [0.29, 0.717) is 12.5 Å². The van der Waals surface area contributed by atoms with Crippen LogP contribution in [0.3, 0.4) is 0 Å². The van der Waals surface area contributed by atoms with Gasteiger partial charge in [0.25, 0.3) is 5.91 Å². The van der Waals surface area contributed by atoms with Crippen LogP contribution in [-0.4, -0.2) is 42.6 Å². The molecule has 0 radical (unpaired) electrons. The summed E-state index contributed by atoms with van der Waals surface area (Å²) in [5.41, 5.74) is 0.195. The van der Waals surface area contributed by atoms with E-state index in [4.69, 9.17) is 0 Å². The minimum absolute atomic E-state index is 0.195. The SMILES string of the molecule is C[N+]1(CC(=O)NC23CC4CC(CC(C4)C2)C3)CCCCC1. The Balaban J connectivity index is 1.40. The number of hydrogen-bond acceptors (Lipinski definition) is 1. The number of rotatable bonds is 3. The molecule has 0 aromatic heterocycles. The third-order valence-corrected chi connectivity index (χ3v) is 6.86. The van der Waals surface area contributed by atoms with Gasteiger partial charge in [-0.1, -0.05) is 0 Å². The van der Waals surface area contributed by atoms with Gasteiger partial charge in [0, 0.05) is 5.54 Å². The van der Waals surface area contributed by atoms with Gasteiger partial charge in [-0.15, -0.1) is 0 Å². The van der Waals surface area contributed by atoms with E-state index in [2.05, 4.69) is 12.4 Å². The fourth-order valence-electron chi connectivity index (χ4n) is 6.38. The quantitative estimate of drug-likeness (QED) is 0.796. The summed E-state index contributed by atoms with van der Waals surface area (Å²) in [6.45, 7) is 3.09. The number of carbonyl (C=O) groups is 1. The van der Waals surface area contributed by atoms with Crippen molar-refractivity contribution in [3.8, 4) is 0 Å². The fourth-order valence-corrected chi connectivity index (χ4v) is 6.38. The molecule has 0 unspecified atom stereocenters. The lowest BCUT2D eigenvalue weighted by Crippen LogP contribution is -2.62. The summed E-state index contributed by atoms with van der Waals surface area (Å²) in [7, 11) is 2.28. The Hall–Kier alpha value is -0.570. The monoisotopic (exact) mass is 291 g/mol. The van der Waals surface area contributed by atoms with Crippen LogP contribution in [0.4, 0.5) is 0 Å². The van der Waals surface area contributed by atoms with E-state index in [1.54, 1.807) is 0 Å². The van der Waals surface area contributed by atoms with Crippen molar-refractivity contribution in [3.05, 3.63) is 0 Å². The number of amides is 1. The average Bonchev–Trinajstić information content (AvgIpc) is 2.35. The highest BCUT2D eigenvalue weighted by atomic mass is 16.2. The maximum Gasteiger partial charge on any atom is 0.275 e. The molecule has 21 heavy (non-hydrogen) atoms. The third-order valence-electron chi connectivity index (χ3n) is 6.86. The zero-order valence-electron chi connectivity index (χ0n) is 13.6. The number of piperidine rings is 1. The molecule has 118 valence electrons. The van der Waals surface area contributed by atoms with E-state index < -0.39 is 0 Å². The molecule has 3 nitrogen and oxygen atoms in total. The number of hydrogen-bond donors (Lipinski definition) is 1. The lowest BCUT2D eigenvalue weighted by Gasteiger charge is -2.57. The number of likely N-dealkylation sites (tertiary alicyclic amines) is 1. The Morgan fingerprint density at radius 2 is 1.52 bits per heavy atom. The predicted molar refractivity (Wildman–Crippen MR) is 83.7 cm³/mol. The summed E-state index contributed by atoms with van der Waals surface area (Å²) < 4.78 is 0.970. The topological polar surface area (TPSA) is 29.1 Å². The molecule has 1 amide bonds. The third kappa shape index (κ3) is 2.74. The second-order valence-corrected chi connectivity index (χ2v) is 9.03. The normalized spacial score (nSPS) is 43.8. The minimum atomic E-state index is 0.195. The predicted octanol–water partition coefficient (Wildman–Crippen LogP) is 2.70. The molecule has 5 rings (SSSR count). The molecule has 3 heteroatoms. The minimum Gasteiger partial charge on any atom is -0.346 e. The first-order valence-corrected chi connectivity index (χ1v) is 9.19. The van der Waals surface area contributed by atoms with Crippen LogP contribution >= 0.6 is 0 Å². The van der Waals surface area contributed by atoms with Gasteiger partial charge in [0.2, 0.25) is 0 Å². The highest BCUT2D eigenvalue weighted by Gasteiger charge is 2.51. The van der Waals surface area contributed by atoms with Crippen molar-refractivity contribution < 1.29 is 9.28 Å². The zero-order valence-corrected chi connectivity index (χ0v) is 13.6. The van der Waals surface area contributed by atoms with E-state index in [0.717, 1.165) is 22.2 Å². The largest absolute Gasteiger partial charge is 0.346 e. The van der Waals surface area contributed by atoms with Crippen LogP contribution in [0.15, 0.2) is 0 Å². The maximum atomic E-state index is 12.7. The molecule has 0 atom stereocenters. The lowest BCUT2D eigenvalue weighted by molar-refractivity contribution is -0.906. The second-order valence-electron chi connectivity index (χ2n) is 9.03. The van der Waals surface area contributed by atoms with E-state index >= 15 is 0 Å². The van der Waals surface area contributed by atoms with Gasteiger partial charge >= 0.3 is 0 Å². The van der Waals surface area contributed by atoms with Gasteiger partial charge in [0.1, 0.15) is 0 Å². The van der Waals surface area contributed by atoms with Crippen molar-refractivity contribution in [1.82, 2.24) is 5.32 Å². The first kappa shape index (κ1) is 14.0. The summed E-state index contributed by atoms with van der Waals surface area (Å²) in [4.78, 5) is 12.7. The van der Waals surface area contributed by atoms with E-state index in [1.165, 1.54) is 70.9 Å². The maximum absolute atomic E-state index is 12.7. The van der Waals surface area contributed by atoms with Crippen LogP contribution in [0.1, 0.15) is 57.8 Å². The van der Waals surface area contributed by atoms with Crippen LogP contribution in [0.2, 0.25) is 0 Å². The molecule has 5 fully saturated rings. The van der Waals surface area contributed by atoms with Crippen LogP contribution in [0.5, 0.6) is 0 Å². The molecule has 4 saturated carbocycles. The summed E-state index contributed by atoms with van der Waals surface area (Å²) in [6, 6.07) is 0. The highest BCUT2D eigenvalue weighted by Crippen LogP contribution is 2.55. The Morgan fingerprint density at radius 1 is 1.00 bits per heavy atom. The Morgan fingerprint density at radius 3 is 2.05 bits per heavy atom. The first-order valence-electron chi connectivity index (χ1n) is 9.19. The highest BCUT2D eigenvalue weighted by molar-refractivity contribution is 5.78. The Labute approximate surface area is 129 Å². The number of likely N-dealkylation sites (N-methyl/N-ethyl adjacent to an activating group) is 1. The summed E-state index contributed by atoms with van der Waals surface area (Å²) in [6.07, 6.45) is 12.1. The van der Waals surface area contributed by atoms with Crippen molar-refractivity contribution in [3.63, 3.8) is 0 Å². The molecular formula is C18H31N2O+. The van der Waals surface area contributed by atoms with Gasteiger partial charge in [-0.3, -0.25) is 4.79 Å². The van der Waals surface area contributed by atoms with Gasteiger partial charge in [0.15, 0.2) is 6.54 Å². The lowest BCUT2D eigenvalue weighted by atomic mass is 9.53. The molecule has 0 spiro atoms. The molecule has 1 saturated heterocycles. The van der Waals surface area contributed by atoms with Gasteiger partial charge in [-0.2, -0.15) is 0 Å². The van der Waals surface area contributed by atoms with Crippen molar-refractivity contribution in [2.24, 2.45) is 17.8 Å². The summed E-state index contributed by atoms with van der Waals surface area (Å²) in [5.74, 6) is 3.07. The van der Waals surface area contributed by atoms with E-state index in [9.17, 15) is 4.79 Å². The fraction of sp³-hybridized carbons (Fsp3) is 0.944. The number of nitrogens with one attached hydrogen (secondary N) is 1. The number of quaternary nitrogens is 1. The van der Waals surface area contributed by atoms with Crippen LogP contribution < -0.4 is 5.32 Å².